The quantitative estimate of drug-likeness (QED) is 0.346. The van der Waals surface area contributed by atoms with E-state index in [1.807, 2.05) is 0 Å². The van der Waals surface area contributed by atoms with Gasteiger partial charge in [-0.1, -0.05) is 29.8 Å². The lowest BCUT2D eigenvalue weighted by Gasteiger charge is -2.31. The second kappa shape index (κ2) is 10.4. The predicted octanol–water partition coefficient (Wildman–Crippen LogP) is 6.64. The van der Waals surface area contributed by atoms with Gasteiger partial charge in [0.25, 0.3) is 0 Å². The average molecular weight is 485 g/mol. The molecule has 33 heavy (non-hydrogen) atoms. The van der Waals surface area contributed by atoms with Gasteiger partial charge in [0.2, 0.25) is 5.60 Å². The van der Waals surface area contributed by atoms with Gasteiger partial charge in [-0.2, -0.15) is 13.2 Å². The van der Waals surface area contributed by atoms with Gasteiger partial charge in [-0.3, -0.25) is 0 Å². The molecule has 3 aromatic carbocycles. The molecule has 0 saturated heterocycles. The van der Waals surface area contributed by atoms with Crippen LogP contribution < -0.4 is 9.47 Å². The fourth-order valence-electron chi connectivity index (χ4n) is 3.01. The Labute approximate surface area is 193 Å². The van der Waals surface area contributed by atoms with Crippen LogP contribution in [0.25, 0.3) is 0 Å². The van der Waals surface area contributed by atoms with E-state index in [-0.39, 0.29) is 19.0 Å². The van der Waals surface area contributed by atoms with E-state index < -0.39 is 29.8 Å². The zero-order chi connectivity index (χ0) is 24.1. The summed E-state index contributed by atoms with van der Waals surface area (Å²) in [6.07, 6.45) is -5.11. The first-order valence-corrected chi connectivity index (χ1v) is 10.3. The van der Waals surface area contributed by atoms with Gasteiger partial charge >= 0.3 is 6.18 Å². The Morgan fingerprint density at radius 3 is 2.30 bits per heavy atom. The first-order chi connectivity index (χ1) is 15.6. The maximum Gasteiger partial charge on any atom is 0.423 e. The van der Waals surface area contributed by atoms with E-state index in [4.69, 9.17) is 25.8 Å². The molecule has 1 unspecified atom stereocenters. The van der Waals surface area contributed by atoms with E-state index >= 15 is 0 Å². The number of ether oxygens (including phenoxy) is 3. The highest BCUT2D eigenvalue weighted by Gasteiger charge is 2.55. The van der Waals surface area contributed by atoms with Crippen LogP contribution >= 0.6 is 11.6 Å². The first-order valence-electron chi connectivity index (χ1n) is 9.94. The molecule has 0 saturated carbocycles. The maximum atomic E-state index is 14.1. The Hall–Kier alpha value is -2.81. The SMILES string of the molecule is CCOc1ccc(C(O)(COCc2cccc(Oc3ccc(Cl)cc3)c2)C(F)(F)F)cc1F. The largest absolute Gasteiger partial charge is 0.491 e. The van der Waals surface area contributed by atoms with Crippen LogP contribution in [0.1, 0.15) is 18.1 Å². The Morgan fingerprint density at radius 2 is 1.67 bits per heavy atom. The number of aliphatic hydroxyl groups is 1. The molecule has 0 bridgehead atoms. The van der Waals surface area contributed by atoms with E-state index in [1.54, 1.807) is 55.5 Å². The van der Waals surface area contributed by atoms with Crippen LogP contribution in [-0.4, -0.2) is 24.5 Å². The zero-order valence-corrected chi connectivity index (χ0v) is 18.3. The van der Waals surface area contributed by atoms with Crippen LogP contribution in [0.5, 0.6) is 17.2 Å². The van der Waals surface area contributed by atoms with Gasteiger partial charge in [-0.05, 0) is 66.6 Å². The smallest absolute Gasteiger partial charge is 0.423 e. The molecule has 0 aliphatic carbocycles. The Bertz CT molecular complexity index is 1070. The molecule has 0 aliphatic rings. The summed E-state index contributed by atoms with van der Waals surface area (Å²) in [4.78, 5) is 0. The summed E-state index contributed by atoms with van der Waals surface area (Å²) in [5.74, 6) is -0.243. The van der Waals surface area contributed by atoms with Crippen molar-refractivity contribution in [2.45, 2.75) is 25.3 Å². The molecular weight excluding hydrogens is 464 g/mol. The molecule has 0 amide bonds. The minimum Gasteiger partial charge on any atom is -0.491 e. The molecule has 1 N–H and O–H groups in total. The highest BCUT2D eigenvalue weighted by atomic mass is 35.5. The molecule has 0 radical (unpaired) electrons. The summed E-state index contributed by atoms with van der Waals surface area (Å²) in [6, 6.07) is 15.8. The van der Waals surface area contributed by atoms with Crippen molar-refractivity contribution in [3.8, 4) is 17.2 Å². The second-order valence-corrected chi connectivity index (χ2v) is 7.57. The van der Waals surface area contributed by atoms with Gasteiger partial charge in [0.15, 0.2) is 11.6 Å². The number of hydrogen-bond donors (Lipinski definition) is 1. The number of halogens is 5. The van der Waals surface area contributed by atoms with Crippen molar-refractivity contribution >= 4 is 11.6 Å². The molecule has 0 spiro atoms. The van der Waals surface area contributed by atoms with Crippen molar-refractivity contribution in [1.29, 1.82) is 0 Å². The third kappa shape index (κ3) is 6.16. The summed E-state index contributed by atoms with van der Waals surface area (Å²) in [5.41, 5.74) is -3.57. The van der Waals surface area contributed by atoms with Gasteiger partial charge in [0, 0.05) is 5.02 Å². The Kier molecular flexibility index (Phi) is 7.84. The van der Waals surface area contributed by atoms with Crippen LogP contribution in [0.2, 0.25) is 5.02 Å². The van der Waals surface area contributed by atoms with Crippen LogP contribution in [-0.2, 0) is 16.9 Å². The normalized spacial score (nSPS) is 13.4. The summed E-state index contributed by atoms with van der Waals surface area (Å²) in [6.45, 7) is 0.383. The number of hydrogen-bond acceptors (Lipinski definition) is 4. The van der Waals surface area contributed by atoms with Crippen molar-refractivity contribution in [1.82, 2.24) is 0 Å². The lowest BCUT2D eigenvalue weighted by atomic mass is 9.93. The van der Waals surface area contributed by atoms with Crippen molar-refractivity contribution in [3.05, 3.63) is 88.7 Å². The molecule has 1 atom stereocenters. The predicted molar refractivity (Wildman–Crippen MR) is 115 cm³/mol. The summed E-state index contributed by atoms with van der Waals surface area (Å²) in [5, 5.41) is 11.0. The zero-order valence-electron chi connectivity index (χ0n) is 17.5. The Morgan fingerprint density at radius 1 is 0.939 bits per heavy atom. The molecule has 0 aromatic heterocycles. The lowest BCUT2D eigenvalue weighted by Crippen LogP contribution is -2.46. The van der Waals surface area contributed by atoms with Crippen LogP contribution in [0.4, 0.5) is 17.6 Å². The van der Waals surface area contributed by atoms with E-state index in [9.17, 15) is 22.7 Å². The summed E-state index contributed by atoms with van der Waals surface area (Å²) in [7, 11) is 0. The number of alkyl halides is 3. The van der Waals surface area contributed by atoms with Gasteiger partial charge in [0.05, 0.1) is 19.8 Å². The van der Waals surface area contributed by atoms with Crippen LogP contribution in [0, 0.1) is 5.82 Å². The van der Waals surface area contributed by atoms with Crippen molar-refractivity contribution in [2.75, 3.05) is 13.2 Å². The van der Waals surface area contributed by atoms with Gasteiger partial charge in [-0.25, -0.2) is 4.39 Å². The van der Waals surface area contributed by atoms with Crippen LogP contribution in [0.15, 0.2) is 66.7 Å². The standard InChI is InChI=1S/C24H21ClF4O4/c1-2-32-22-11-6-17(13-21(22)26)23(30,24(27,28)29)15-31-14-16-4-3-5-20(12-16)33-19-9-7-18(25)8-10-19/h3-13,30H,2,14-15H2,1H3. The molecule has 3 rings (SSSR count). The topological polar surface area (TPSA) is 47.9 Å². The molecular formula is C24H21ClF4O4. The van der Waals surface area contributed by atoms with Gasteiger partial charge < -0.3 is 19.3 Å². The molecule has 0 aliphatic heterocycles. The average Bonchev–Trinajstić information content (AvgIpc) is 2.76. The lowest BCUT2D eigenvalue weighted by molar-refractivity contribution is -0.283. The Balaban J connectivity index is 1.71. The fourth-order valence-corrected chi connectivity index (χ4v) is 3.14. The first kappa shape index (κ1) is 24.8. The van der Waals surface area contributed by atoms with Gasteiger partial charge in [0.1, 0.15) is 11.5 Å². The number of benzene rings is 3. The molecule has 0 fully saturated rings. The van der Waals surface area contributed by atoms with Crippen molar-refractivity contribution in [3.63, 3.8) is 0 Å². The van der Waals surface area contributed by atoms with Crippen LogP contribution in [0.3, 0.4) is 0 Å². The fraction of sp³-hybridized carbons (Fsp3) is 0.250. The second-order valence-electron chi connectivity index (χ2n) is 7.13. The van der Waals surface area contributed by atoms with E-state index in [2.05, 4.69) is 0 Å². The molecule has 0 heterocycles. The van der Waals surface area contributed by atoms with E-state index in [1.165, 1.54) is 0 Å². The minimum atomic E-state index is -5.11. The molecule has 176 valence electrons. The summed E-state index contributed by atoms with van der Waals surface area (Å²) >= 11 is 5.84. The van der Waals surface area contributed by atoms with E-state index in [0.717, 1.165) is 12.1 Å². The van der Waals surface area contributed by atoms with Gasteiger partial charge in [-0.15, -0.1) is 0 Å². The molecule has 4 nitrogen and oxygen atoms in total. The molecule has 9 heteroatoms. The number of rotatable bonds is 9. The minimum absolute atomic E-state index is 0.143. The molecule has 3 aromatic rings. The van der Waals surface area contributed by atoms with Crippen molar-refractivity contribution < 1.29 is 36.9 Å². The third-order valence-corrected chi connectivity index (χ3v) is 4.96. The van der Waals surface area contributed by atoms with Crippen molar-refractivity contribution in [2.24, 2.45) is 0 Å². The monoisotopic (exact) mass is 484 g/mol. The highest BCUT2D eigenvalue weighted by molar-refractivity contribution is 6.30. The maximum absolute atomic E-state index is 14.1. The van der Waals surface area contributed by atoms with E-state index in [0.29, 0.717) is 28.2 Å². The summed E-state index contributed by atoms with van der Waals surface area (Å²) < 4.78 is 71.2. The third-order valence-electron chi connectivity index (χ3n) is 4.71. The highest BCUT2D eigenvalue weighted by Crippen LogP contribution is 2.40.